The minimum absolute atomic E-state index is 0.00277. The molecular formula is C34H48N8O6. The van der Waals surface area contributed by atoms with Gasteiger partial charge in [-0.3, -0.25) is 9.59 Å². The number of likely N-dealkylation sites (tertiary alicyclic amines) is 2. The summed E-state index contributed by atoms with van der Waals surface area (Å²) in [6.07, 6.45) is 9.46. The number of carbonyl (C=O) groups excluding carboxylic acids is 4. The minimum atomic E-state index is -0.677. The molecule has 0 saturated carbocycles. The summed E-state index contributed by atoms with van der Waals surface area (Å²) >= 11 is 0. The summed E-state index contributed by atoms with van der Waals surface area (Å²) < 4.78 is 9.27. The van der Waals surface area contributed by atoms with E-state index in [1.807, 2.05) is 17.3 Å². The molecule has 2 saturated heterocycles. The summed E-state index contributed by atoms with van der Waals surface area (Å²) in [6.45, 7) is 4.63. The Kier molecular flexibility index (Phi) is 11.5. The number of methoxy groups -OCH3 is 2. The fourth-order valence-electron chi connectivity index (χ4n) is 6.75. The maximum Gasteiger partial charge on any atom is 0.407 e. The summed E-state index contributed by atoms with van der Waals surface area (Å²) in [4.78, 5) is 60.8. The molecule has 5 N–H and O–H groups in total. The van der Waals surface area contributed by atoms with Crippen LogP contribution in [-0.2, 0) is 38.3 Å². The lowest BCUT2D eigenvalue weighted by molar-refractivity contribution is -0.134. The van der Waals surface area contributed by atoms with Gasteiger partial charge in [-0.15, -0.1) is 0 Å². The zero-order valence-electron chi connectivity index (χ0n) is 28.2. The van der Waals surface area contributed by atoms with Gasteiger partial charge in [-0.2, -0.15) is 0 Å². The van der Waals surface area contributed by atoms with Gasteiger partial charge in [-0.05, 0) is 76.3 Å². The van der Waals surface area contributed by atoms with Crippen molar-refractivity contribution in [2.24, 2.45) is 0 Å². The third kappa shape index (κ3) is 8.39. The summed E-state index contributed by atoms with van der Waals surface area (Å²) in [5, 5.41) is 12.1. The minimum Gasteiger partial charge on any atom is -0.453 e. The van der Waals surface area contributed by atoms with E-state index in [-0.39, 0.29) is 30.1 Å². The van der Waals surface area contributed by atoms with E-state index in [0.717, 1.165) is 68.6 Å². The molecule has 1 aromatic heterocycles. The third-order valence-corrected chi connectivity index (χ3v) is 9.41. The van der Waals surface area contributed by atoms with E-state index in [2.05, 4.69) is 65.0 Å². The molecule has 260 valence electrons. The Bertz CT molecular complexity index is 1480. The van der Waals surface area contributed by atoms with Crippen LogP contribution in [0.3, 0.4) is 0 Å². The van der Waals surface area contributed by atoms with E-state index in [1.54, 1.807) is 18.7 Å². The van der Waals surface area contributed by atoms with E-state index in [1.165, 1.54) is 25.3 Å². The molecule has 2 fully saturated rings. The quantitative estimate of drug-likeness (QED) is 0.229. The second-order valence-corrected chi connectivity index (χ2v) is 12.7. The number of ether oxygens (including phenoxy) is 2. The van der Waals surface area contributed by atoms with E-state index < -0.39 is 24.3 Å². The van der Waals surface area contributed by atoms with Crippen LogP contribution in [0.1, 0.15) is 74.6 Å². The molecule has 4 amide bonds. The Labute approximate surface area is 281 Å². The SMILES string of the molecule is COC(=O)N[C@@H](C)C(=O)N1CCC[C@H]1c1ncc(CCc2ccc(CCC3=CNC([C@@H]4CCCN4C(=O)[C@H](C)NC(=O)OC)N3)cc2)[nH]1. The van der Waals surface area contributed by atoms with Crippen LogP contribution in [0.4, 0.5) is 9.59 Å². The molecule has 0 radical (unpaired) electrons. The van der Waals surface area contributed by atoms with Crippen molar-refractivity contribution in [2.75, 3.05) is 27.3 Å². The Morgan fingerprint density at radius 1 is 0.854 bits per heavy atom. The van der Waals surface area contributed by atoms with Crippen molar-refractivity contribution >= 4 is 24.0 Å². The number of aryl methyl sites for hydroxylation is 3. The van der Waals surface area contributed by atoms with Crippen LogP contribution in [0.5, 0.6) is 0 Å². The van der Waals surface area contributed by atoms with Crippen LogP contribution in [0.25, 0.3) is 0 Å². The van der Waals surface area contributed by atoms with Gasteiger partial charge < -0.3 is 45.5 Å². The molecule has 1 unspecified atom stereocenters. The normalized spacial score (nSPS) is 21.5. The molecule has 1 aromatic carbocycles. The second kappa shape index (κ2) is 15.9. The Hall–Kier alpha value is -4.75. The molecular weight excluding hydrogens is 616 g/mol. The number of benzene rings is 1. The number of hydrogen-bond acceptors (Lipinski definition) is 9. The van der Waals surface area contributed by atoms with Gasteiger partial charge in [0.25, 0.3) is 0 Å². The van der Waals surface area contributed by atoms with E-state index in [9.17, 15) is 19.2 Å². The number of allylic oxidation sites excluding steroid dienone is 1. The average Bonchev–Trinajstić information content (AvgIpc) is 3.92. The first-order valence-corrected chi connectivity index (χ1v) is 16.8. The van der Waals surface area contributed by atoms with Crippen molar-refractivity contribution < 1.29 is 28.7 Å². The van der Waals surface area contributed by atoms with Crippen molar-refractivity contribution in [3.8, 4) is 0 Å². The monoisotopic (exact) mass is 664 g/mol. The molecule has 5 atom stereocenters. The Balaban J connectivity index is 1.05. The molecule has 3 aliphatic heterocycles. The molecule has 14 heteroatoms. The van der Waals surface area contributed by atoms with E-state index in [4.69, 9.17) is 0 Å². The van der Waals surface area contributed by atoms with Crippen molar-refractivity contribution in [1.82, 2.24) is 41.0 Å². The highest BCUT2D eigenvalue weighted by molar-refractivity contribution is 5.86. The molecule has 48 heavy (non-hydrogen) atoms. The lowest BCUT2D eigenvalue weighted by atomic mass is 10.0. The number of nitrogens with one attached hydrogen (secondary N) is 5. The number of rotatable bonds is 12. The van der Waals surface area contributed by atoms with Crippen molar-refractivity contribution in [2.45, 2.75) is 95.5 Å². The largest absolute Gasteiger partial charge is 0.453 e. The number of imidazole rings is 1. The van der Waals surface area contributed by atoms with Gasteiger partial charge in [0.15, 0.2) is 0 Å². The number of hydrogen-bond donors (Lipinski definition) is 5. The smallest absolute Gasteiger partial charge is 0.407 e. The van der Waals surface area contributed by atoms with Crippen LogP contribution in [0.2, 0.25) is 0 Å². The number of aromatic nitrogens is 2. The number of aromatic amines is 1. The average molecular weight is 665 g/mol. The zero-order valence-corrected chi connectivity index (χ0v) is 28.2. The van der Waals surface area contributed by atoms with Crippen molar-refractivity contribution in [1.29, 1.82) is 0 Å². The maximum absolute atomic E-state index is 13.0. The highest BCUT2D eigenvalue weighted by Gasteiger charge is 2.38. The zero-order chi connectivity index (χ0) is 34.2. The van der Waals surface area contributed by atoms with Crippen LogP contribution in [-0.4, -0.2) is 95.4 Å². The first kappa shape index (κ1) is 34.6. The molecule has 4 heterocycles. The molecule has 0 bridgehead atoms. The second-order valence-electron chi connectivity index (χ2n) is 12.7. The van der Waals surface area contributed by atoms with Gasteiger partial charge >= 0.3 is 12.2 Å². The fraction of sp³-hybridized carbons (Fsp3) is 0.559. The number of H-pyrrole nitrogens is 1. The first-order valence-electron chi connectivity index (χ1n) is 16.8. The molecule has 0 spiro atoms. The predicted octanol–water partition coefficient (Wildman–Crippen LogP) is 2.63. The highest BCUT2D eigenvalue weighted by Crippen LogP contribution is 2.31. The van der Waals surface area contributed by atoms with Crippen molar-refractivity contribution in [3.63, 3.8) is 0 Å². The summed E-state index contributed by atoms with van der Waals surface area (Å²) in [5.74, 6) is 0.521. The predicted molar refractivity (Wildman–Crippen MR) is 177 cm³/mol. The number of carbonyl (C=O) groups is 4. The van der Waals surface area contributed by atoms with Gasteiger partial charge in [-0.1, -0.05) is 24.3 Å². The van der Waals surface area contributed by atoms with E-state index >= 15 is 0 Å². The van der Waals surface area contributed by atoms with Gasteiger partial charge in [-0.25, -0.2) is 14.6 Å². The van der Waals surface area contributed by atoms with Gasteiger partial charge in [0.1, 0.15) is 24.1 Å². The van der Waals surface area contributed by atoms with Gasteiger partial charge in [0.2, 0.25) is 11.8 Å². The summed E-state index contributed by atoms with van der Waals surface area (Å²) in [6, 6.07) is 7.21. The third-order valence-electron chi connectivity index (χ3n) is 9.41. The van der Waals surface area contributed by atoms with Gasteiger partial charge in [0.05, 0.1) is 26.3 Å². The summed E-state index contributed by atoms with van der Waals surface area (Å²) in [5.41, 5.74) is 4.61. The molecule has 5 rings (SSSR count). The van der Waals surface area contributed by atoms with Crippen LogP contribution in [0, 0.1) is 0 Å². The van der Waals surface area contributed by atoms with Crippen LogP contribution < -0.4 is 21.3 Å². The van der Waals surface area contributed by atoms with Crippen LogP contribution in [0.15, 0.2) is 42.4 Å². The molecule has 3 aliphatic rings. The maximum atomic E-state index is 13.0. The lowest BCUT2D eigenvalue weighted by Gasteiger charge is -2.32. The topological polar surface area (TPSA) is 170 Å². The van der Waals surface area contributed by atoms with E-state index in [0.29, 0.717) is 13.1 Å². The van der Waals surface area contributed by atoms with Crippen LogP contribution >= 0.6 is 0 Å². The van der Waals surface area contributed by atoms with Gasteiger partial charge in [0, 0.05) is 36.9 Å². The first-order chi connectivity index (χ1) is 23.2. The number of alkyl carbamates (subject to hydrolysis) is 2. The highest BCUT2D eigenvalue weighted by atomic mass is 16.5. The Morgan fingerprint density at radius 3 is 2.08 bits per heavy atom. The van der Waals surface area contributed by atoms with Crippen molar-refractivity contribution in [3.05, 3.63) is 65.0 Å². The summed E-state index contributed by atoms with van der Waals surface area (Å²) in [7, 11) is 2.56. The Morgan fingerprint density at radius 2 is 1.44 bits per heavy atom. The number of nitrogens with zero attached hydrogens (tertiary/aromatic N) is 3. The molecule has 0 aliphatic carbocycles. The molecule has 14 nitrogen and oxygen atoms in total. The standard InChI is InChI=1S/C34H48N8O6/c1-21(37-33(45)47-3)31(43)41-17-5-7-27(41)29-35-19-25(39-29)15-13-23-9-11-24(12-10-23)14-16-26-20-36-30(40-26)28-8-6-18-42(28)32(44)22(2)38-34(46)48-4/h9-12,19-22,27-29,35,39H,5-8,13-18H2,1-4H3,(H,36,40)(H,37,45)(H,38,46)/t21-,22-,27-,28-,29?/m0/s1. The fourth-order valence-corrected chi connectivity index (χ4v) is 6.75. The molecule has 2 aromatic rings. The number of amides is 4. The lowest BCUT2D eigenvalue weighted by Crippen LogP contribution is -2.55.